The molecule has 0 radical (unpaired) electrons. The fourth-order valence-electron chi connectivity index (χ4n) is 2.19. The van der Waals surface area contributed by atoms with E-state index in [1.165, 1.54) is 0 Å². The molecule has 0 saturated carbocycles. The van der Waals surface area contributed by atoms with Gasteiger partial charge in [-0.15, -0.1) is 0 Å². The number of aromatic nitrogens is 3. The summed E-state index contributed by atoms with van der Waals surface area (Å²) in [4.78, 5) is 6.83. The molecule has 5 nitrogen and oxygen atoms in total. The maximum atomic E-state index is 5.72. The molecule has 0 aliphatic rings. The zero-order chi connectivity index (χ0) is 13.8. The predicted octanol–water partition coefficient (Wildman–Crippen LogP) is 2.00. The van der Waals surface area contributed by atoms with Crippen molar-refractivity contribution >= 4 is 11.0 Å². The van der Waals surface area contributed by atoms with Crippen LogP contribution in [-0.4, -0.2) is 45.9 Å². The van der Waals surface area contributed by atoms with Crippen molar-refractivity contribution in [1.82, 2.24) is 19.7 Å². The molecule has 104 valence electrons. The Morgan fingerprint density at radius 3 is 2.68 bits per heavy atom. The van der Waals surface area contributed by atoms with Crippen LogP contribution in [0.1, 0.15) is 19.5 Å². The largest absolute Gasteiger partial charge is 0.476 e. The van der Waals surface area contributed by atoms with Crippen LogP contribution in [0.2, 0.25) is 0 Å². The summed E-state index contributed by atoms with van der Waals surface area (Å²) >= 11 is 0. The number of ether oxygens (including phenoxy) is 1. The Morgan fingerprint density at radius 1 is 1.26 bits per heavy atom. The van der Waals surface area contributed by atoms with Crippen LogP contribution in [0.4, 0.5) is 0 Å². The second kappa shape index (κ2) is 6.02. The van der Waals surface area contributed by atoms with Gasteiger partial charge < -0.3 is 9.64 Å². The van der Waals surface area contributed by atoms with Crippen molar-refractivity contribution in [1.29, 1.82) is 0 Å². The Labute approximate surface area is 114 Å². The fourth-order valence-corrected chi connectivity index (χ4v) is 2.19. The van der Waals surface area contributed by atoms with Gasteiger partial charge in [0, 0.05) is 25.0 Å². The molecule has 0 amide bonds. The highest BCUT2D eigenvalue weighted by Crippen LogP contribution is 2.18. The Hall–Kier alpha value is -1.62. The summed E-state index contributed by atoms with van der Waals surface area (Å²) in [7, 11) is 1.90. The van der Waals surface area contributed by atoms with Crippen LogP contribution < -0.4 is 4.74 Å². The van der Waals surface area contributed by atoms with Gasteiger partial charge in [0.2, 0.25) is 5.88 Å². The third kappa shape index (κ3) is 3.04. The van der Waals surface area contributed by atoms with Gasteiger partial charge in [0.05, 0.1) is 5.69 Å². The van der Waals surface area contributed by atoms with Crippen LogP contribution in [0.25, 0.3) is 11.0 Å². The first-order valence-corrected chi connectivity index (χ1v) is 6.81. The van der Waals surface area contributed by atoms with Gasteiger partial charge in [-0.3, -0.25) is 4.68 Å². The number of likely N-dealkylation sites (N-methyl/N-ethyl adjacent to an activating group) is 1. The monoisotopic (exact) mass is 262 g/mol. The summed E-state index contributed by atoms with van der Waals surface area (Å²) in [5, 5.41) is 5.44. The Balaban J connectivity index is 2.03. The Kier molecular flexibility index (Phi) is 4.37. The van der Waals surface area contributed by atoms with Gasteiger partial charge in [0.1, 0.15) is 6.61 Å². The van der Waals surface area contributed by atoms with Crippen LogP contribution in [-0.2, 0) is 7.05 Å². The maximum Gasteiger partial charge on any atom is 0.215 e. The molecule has 0 aromatic carbocycles. The molecule has 0 fully saturated rings. The van der Waals surface area contributed by atoms with Crippen molar-refractivity contribution in [3.63, 3.8) is 0 Å². The van der Waals surface area contributed by atoms with Crippen LogP contribution >= 0.6 is 0 Å². The lowest BCUT2D eigenvalue weighted by atomic mass is 10.3. The summed E-state index contributed by atoms with van der Waals surface area (Å²) in [5.41, 5.74) is 1.87. The molecule has 0 spiro atoms. The van der Waals surface area contributed by atoms with Gasteiger partial charge in [-0.05, 0) is 26.1 Å². The lowest BCUT2D eigenvalue weighted by Crippen LogP contribution is -2.28. The van der Waals surface area contributed by atoms with E-state index in [0.717, 1.165) is 36.4 Å². The van der Waals surface area contributed by atoms with E-state index in [9.17, 15) is 0 Å². The number of nitrogens with zero attached hydrogens (tertiary/aromatic N) is 4. The van der Waals surface area contributed by atoms with E-state index in [2.05, 4.69) is 28.8 Å². The second-order valence-electron chi connectivity index (χ2n) is 4.61. The average Bonchev–Trinajstić information content (AvgIpc) is 2.70. The molecule has 0 atom stereocenters. The van der Waals surface area contributed by atoms with E-state index in [4.69, 9.17) is 4.74 Å². The van der Waals surface area contributed by atoms with Gasteiger partial charge >= 0.3 is 0 Å². The summed E-state index contributed by atoms with van der Waals surface area (Å²) in [6.45, 7) is 10.00. The molecule has 0 bridgehead atoms. The second-order valence-corrected chi connectivity index (χ2v) is 4.61. The van der Waals surface area contributed by atoms with E-state index in [0.29, 0.717) is 12.5 Å². The number of fused-ring (bicyclic) bond motifs is 1. The highest BCUT2D eigenvalue weighted by molar-refractivity contribution is 5.78. The first-order chi connectivity index (χ1) is 9.15. The Bertz CT molecular complexity index is 546. The highest BCUT2D eigenvalue weighted by Gasteiger charge is 2.07. The van der Waals surface area contributed by atoms with Crippen LogP contribution in [0.5, 0.6) is 5.88 Å². The summed E-state index contributed by atoms with van der Waals surface area (Å²) < 4.78 is 7.51. The Morgan fingerprint density at radius 2 is 2.00 bits per heavy atom. The molecule has 2 heterocycles. The summed E-state index contributed by atoms with van der Waals surface area (Å²) in [5.74, 6) is 0.669. The van der Waals surface area contributed by atoms with E-state index < -0.39 is 0 Å². The third-order valence-corrected chi connectivity index (χ3v) is 3.40. The minimum absolute atomic E-state index is 0.664. The zero-order valence-electron chi connectivity index (χ0n) is 12.2. The first kappa shape index (κ1) is 13.8. The van der Waals surface area contributed by atoms with Crippen molar-refractivity contribution in [2.24, 2.45) is 7.05 Å². The van der Waals surface area contributed by atoms with Gasteiger partial charge in [-0.25, -0.2) is 0 Å². The molecule has 2 aromatic heterocycles. The smallest absolute Gasteiger partial charge is 0.215 e. The van der Waals surface area contributed by atoms with Crippen molar-refractivity contribution in [3.05, 3.63) is 17.8 Å². The van der Waals surface area contributed by atoms with Gasteiger partial charge in [0.15, 0.2) is 5.65 Å². The molecule has 2 rings (SSSR count). The molecule has 0 N–H and O–H groups in total. The van der Waals surface area contributed by atoms with E-state index in [-0.39, 0.29) is 0 Å². The van der Waals surface area contributed by atoms with Crippen molar-refractivity contribution in [2.45, 2.75) is 20.8 Å². The number of hydrogen-bond acceptors (Lipinski definition) is 4. The highest BCUT2D eigenvalue weighted by atomic mass is 16.5. The lowest BCUT2D eigenvalue weighted by molar-refractivity contribution is 0.218. The maximum absolute atomic E-state index is 5.72. The first-order valence-electron chi connectivity index (χ1n) is 6.81. The van der Waals surface area contributed by atoms with E-state index in [1.807, 2.05) is 26.1 Å². The normalized spacial score (nSPS) is 11.4. The predicted molar refractivity (Wildman–Crippen MR) is 76.5 cm³/mol. The van der Waals surface area contributed by atoms with Crippen molar-refractivity contribution in [2.75, 3.05) is 26.2 Å². The molecule has 0 aliphatic carbocycles. The SMILES string of the molecule is CCN(CC)CCOc1ccc2c(C)nn(C)c2n1. The molecular formula is C14H22N4O. The minimum atomic E-state index is 0.664. The number of pyridine rings is 1. The molecule has 2 aromatic rings. The minimum Gasteiger partial charge on any atom is -0.476 e. The molecule has 0 unspecified atom stereocenters. The van der Waals surface area contributed by atoms with Crippen LogP contribution in [0.3, 0.4) is 0 Å². The topological polar surface area (TPSA) is 43.2 Å². The van der Waals surface area contributed by atoms with Crippen molar-refractivity contribution < 1.29 is 4.74 Å². The van der Waals surface area contributed by atoms with E-state index >= 15 is 0 Å². The zero-order valence-corrected chi connectivity index (χ0v) is 12.2. The lowest BCUT2D eigenvalue weighted by Gasteiger charge is -2.17. The number of rotatable bonds is 6. The quantitative estimate of drug-likeness (QED) is 0.798. The molecule has 5 heteroatoms. The average molecular weight is 262 g/mol. The molecule has 0 saturated heterocycles. The number of aryl methyl sites for hydroxylation is 2. The molecule has 19 heavy (non-hydrogen) atoms. The van der Waals surface area contributed by atoms with Gasteiger partial charge in [-0.2, -0.15) is 10.1 Å². The third-order valence-electron chi connectivity index (χ3n) is 3.40. The van der Waals surface area contributed by atoms with Crippen LogP contribution in [0, 0.1) is 6.92 Å². The molecule has 0 aliphatic heterocycles. The van der Waals surface area contributed by atoms with Crippen molar-refractivity contribution in [3.8, 4) is 5.88 Å². The summed E-state index contributed by atoms with van der Waals surface area (Å²) in [6, 6.07) is 3.94. The summed E-state index contributed by atoms with van der Waals surface area (Å²) in [6.07, 6.45) is 0. The fraction of sp³-hybridized carbons (Fsp3) is 0.571. The van der Waals surface area contributed by atoms with Gasteiger partial charge in [-0.1, -0.05) is 13.8 Å². The van der Waals surface area contributed by atoms with Gasteiger partial charge in [0.25, 0.3) is 0 Å². The standard InChI is InChI=1S/C14H22N4O/c1-5-18(6-2)9-10-19-13-8-7-12-11(3)16-17(4)14(12)15-13/h7-8H,5-6,9-10H2,1-4H3. The van der Waals surface area contributed by atoms with Crippen LogP contribution in [0.15, 0.2) is 12.1 Å². The number of hydrogen-bond donors (Lipinski definition) is 0. The van der Waals surface area contributed by atoms with E-state index in [1.54, 1.807) is 4.68 Å². The molecular weight excluding hydrogens is 240 g/mol.